The minimum Gasteiger partial charge on any atom is -0.452 e. The summed E-state index contributed by atoms with van der Waals surface area (Å²) in [6.45, 7) is -0.541. The van der Waals surface area contributed by atoms with Gasteiger partial charge in [-0.3, -0.25) is 9.59 Å². The van der Waals surface area contributed by atoms with E-state index in [0.29, 0.717) is 5.69 Å². The molecule has 2 saturated carbocycles. The lowest BCUT2D eigenvalue weighted by molar-refractivity contribution is -0.167. The Labute approximate surface area is 166 Å². The first-order chi connectivity index (χ1) is 13.6. The number of benzene rings is 1. The highest BCUT2D eigenvalue weighted by molar-refractivity contribution is 5.95. The molecule has 1 N–H and O–H groups in total. The fourth-order valence-corrected chi connectivity index (χ4v) is 3.06. The Morgan fingerprint density at radius 1 is 1.14 bits per heavy atom. The van der Waals surface area contributed by atoms with Crippen molar-refractivity contribution in [2.75, 3.05) is 18.5 Å². The van der Waals surface area contributed by atoms with Gasteiger partial charge in [0.1, 0.15) is 6.54 Å². The smallest absolute Gasteiger partial charge is 0.406 e. The van der Waals surface area contributed by atoms with E-state index in [0.717, 1.165) is 30.6 Å². The molecule has 0 aliphatic heterocycles. The zero-order valence-corrected chi connectivity index (χ0v) is 16.0. The Kier molecular flexibility index (Phi) is 6.14. The fourth-order valence-electron chi connectivity index (χ4n) is 3.06. The Hall–Kier alpha value is -2.58. The minimum atomic E-state index is -4.52. The quantitative estimate of drug-likeness (QED) is 0.665. The summed E-state index contributed by atoms with van der Waals surface area (Å²) in [5.74, 6) is -1.66. The topological polar surface area (TPSA) is 75.7 Å². The van der Waals surface area contributed by atoms with Gasteiger partial charge in [-0.2, -0.15) is 13.2 Å². The number of nitrogens with zero attached hydrogens (tertiary/aromatic N) is 1. The lowest BCUT2D eigenvalue weighted by atomic mass is 10.2. The average molecular weight is 412 g/mol. The molecule has 2 fully saturated rings. The summed E-state index contributed by atoms with van der Waals surface area (Å²) in [5, 5.41) is 2.73. The van der Waals surface area contributed by atoms with E-state index >= 15 is 0 Å². The molecule has 2 aliphatic carbocycles. The molecule has 0 radical (unpaired) electrons. The van der Waals surface area contributed by atoms with Gasteiger partial charge in [0.2, 0.25) is 5.91 Å². The number of esters is 1. The van der Waals surface area contributed by atoms with Crippen molar-refractivity contribution in [1.29, 1.82) is 0 Å². The summed E-state index contributed by atoms with van der Waals surface area (Å²) in [5.41, 5.74) is 0.670. The maximum Gasteiger partial charge on any atom is 0.406 e. The van der Waals surface area contributed by atoms with E-state index in [1.807, 2.05) is 0 Å². The standard InChI is InChI=1S/C20H23F3N2O4/c1-12(13-2-3-13)25(11-20(21,22)23)17(26)10-29-19(28)15-6-8-16(9-7-15)24-18(27)14-4-5-14/h6-9,12-14H,2-5,10-11H2,1H3,(H,24,27)/t12-/m1/s1. The Morgan fingerprint density at radius 2 is 1.76 bits per heavy atom. The fraction of sp³-hybridized carbons (Fsp3) is 0.550. The lowest BCUT2D eigenvalue weighted by Crippen LogP contribution is -2.47. The molecule has 29 heavy (non-hydrogen) atoms. The van der Waals surface area contributed by atoms with Crippen molar-refractivity contribution in [1.82, 2.24) is 4.90 Å². The van der Waals surface area contributed by atoms with Crippen molar-refractivity contribution >= 4 is 23.5 Å². The van der Waals surface area contributed by atoms with E-state index in [1.165, 1.54) is 24.3 Å². The van der Waals surface area contributed by atoms with Crippen LogP contribution in [-0.4, -0.2) is 48.1 Å². The van der Waals surface area contributed by atoms with E-state index in [2.05, 4.69) is 5.32 Å². The van der Waals surface area contributed by atoms with E-state index in [-0.39, 0.29) is 23.3 Å². The van der Waals surface area contributed by atoms with Crippen molar-refractivity contribution in [2.24, 2.45) is 11.8 Å². The Morgan fingerprint density at radius 3 is 2.28 bits per heavy atom. The molecule has 2 aliphatic rings. The Balaban J connectivity index is 1.53. The lowest BCUT2D eigenvalue weighted by Gasteiger charge is -2.30. The minimum absolute atomic E-state index is 0.0447. The highest BCUT2D eigenvalue weighted by Crippen LogP contribution is 2.36. The van der Waals surface area contributed by atoms with Crippen LogP contribution < -0.4 is 5.32 Å². The van der Waals surface area contributed by atoms with Crippen molar-refractivity contribution in [3.05, 3.63) is 29.8 Å². The summed E-state index contributed by atoms with van der Waals surface area (Å²) in [6, 6.07) is 5.36. The van der Waals surface area contributed by atoms with Crippen LogP contribution in [0.5, 0.6) is 0 Å². The number of carbonyl (C=O) groups is 3. The second-order valence-corrected chi connectivity index (χ2v) is 7.63. The maximum absolute atomic E-state index is 12.8. The predicted octanol–water partition coefficient (Wildman–Crippen LogP) is 3.38. The third-order valence-corrected chi connectivity index (χ3v) is 5.13. The van der Waals surface area contributed by atoms with Gasteiger partial charge in [0, 0.05) is 17.6 Å². The SMILES string of the molecule is C[C@H](C1CC1)N(CC(F)(F)F)C(=O)COC(=O)c1ccc(NC(=O)C2CC2)cc1. The van der Waals surface area contributed by atoms with Crippen molar-refractivity contribution in [2.45, 2.75) is 44.8 Å². The van der Waals surface area contributed by atoms with Gasteiger partial charge in [-0.1, -0.05) is 0 Å². The van der Waals surface area contributed by atoms with Crippen LogP contribution in [0.4, 0.5) is 18.9 Å². The first-order valence-corrected chi connectivity index (χ1v) is 9.58. The molecule has 1 aromatic carbocycles. The van der Waals surface area contributed by atoms with Crippen molar-refractivity contribution in [3.63, 3.8) is 0 Å². The van der Waals surface area contributed by atoms with Crippen LogP contribution in [0.3, 0.4) is 0 Å². The molecule has 0 bridgehead atoms. The zero-order valence-electron chi connectivity index (χ0n) is 16.0. The molecular weight excluding hydrogens is 389 g/mol. The average Bonchev–Trinajstić information content (AvgIpc) is 3.55. The number of nitrogens with one attached hydrogen (secondary N) is 1. The van der Waals surface area contributed by atoms with Crippen LogP contribution in [0.2, 0.25) is 0 Å². The molecule has 1 aromatic rings. The van der Waals surface area contributed by atoms with Crippen LogP contribution >= 0.6 is 0 Å². The van der Waals surface area contributed by atoms with Crippen LogP contribution in [-0.2, 0) is 14.3 Å². The van der Waals surface area contributed by atoms with Crippen LogP contribution in [0.25, 0.3) is 0 Å². The van der Waals surface area contributed by atoms with Crippen molar-refractivity contribution in [3.8, 4) is 0 Å². The molecular formula is C20H23F3N2O4. The number of alkyl halides is 3. The monoisotopic (exact) mass is 412 g/mol. The van der Waals surface area contributed by atoms with Gasteiger partial charge in [0.25, 0.3) is 5.91 Å². The number of amides is 2. The van der Waals surface area contributed by atoms with E-state index in [9.17, 15) is 27.6 Å². The number of hydrogen-bond acceptors (Lipinski definition) is 4. The molecule has 0 saturated heterocycles. The number of carbonyl (C=O) groups excluding carboxylic acids is 3. The van der Waals surface area contributed by atoms with Gasteiger partial charge < -0.3 is 15.0 Å². The zero-order chi connectivity index (χ0) is 21.2. The molecule has 0 unspecified atom stereocenters. The highest BCUT2D eigenvalue weighted by Gasteiger charge is 2.40. The summed E-state index contributed by atoms with van der Waals surface area (Å²) in [6.07, 6.45) is -1.22. The predicted molar refractivity (Wildman–Crippen MR) is 98.0 cm³/mol. The van der Waals surface area contributed by atoms with Crippen LogP contribution in [0.1, 0.15) is 43.0 Å². The maximum atomic E-state index is 12.8. The molecule has 2 amide bonds. The van der Waals surface area contributed by atoms with Gasteiger partial charge in [-0.25, -0.2) is 4.79 Å². The number of anilines is 1. The van der Waals surface area contributed by atoms with Gasteiger partial charge in [-0.05, 0) is 62.8 Å². The third-order valence-electron chi connectivity index (χ3n) is 5.13. The summed E-state index contributed by atoms with van der Waals surface area (Å²) in [7, 11) is 0. The normalized spacial score (nSPS) is 17.4. The molecule has 1 atom stereocenters. The highest BCUT2D eigenvalue weighted by atomic mass is 19.4. The third kappa shape index (κ3) is 6.20. The number of ether oxygens (including phenoxy) is 1. The van der Waals surface area contributed by atoms with Gasteiger partial charge in [-0.15, -0.1) is 0 Å². The van der Waals surface area contributed by atoms with Crippen LogP contribution in [0.15, 0.2) is 24.3 Å². The van der Waals surface area contributed by atoms with Crippen LogP contribution in [0, 0.1) is 11.8 Å². The Bertz CT molecular complexity index is 771. The molecule has 9 heteroatoms. The van der Waals surface area contributed by atoms with Crippen molar-refractivity contribution < 1.29 is 32.3 Å². The summed E-state index contributed by atoms with van der Waals surface area (Å²) in [4.78, 5) is 36.9. The number of rotatable bonds is 8. The van der Waals surface area contributed by atoms with E-state index in [4.69, 9.17) is 4.74 Å². The van der Waals surface area contributed by atoms with Gasteiger partial charge >= 0.3 is 12.1 Å². The summed E-state index contributed by atoms with van der Waals surface area (Å²) < 4.78 is 43.4. The first kappa shape index (κ1) is 21.1. The molecule has 158 valence electrons. The molecule has 0 aromatic heterocycles. The summed E-state index contributed by atoms with van der Waals surface area (Å²) >= 11 is 0. The second kappa shape index (κ2) is 8.42. The molecule has 0 heterocycles. The molecule has 6 nitrogen and oxygen atoms in total. The number of hydrogen-bond donors (Lipinski definition) is 1. The molecule has 0 spiro atoms. The first-order valence-electron chi connectivity index (χ1n) is 9.58. The molecule has 3 rings (SSSR count). The van der Waals surface area contributed by atoms with Gasteiger partial charge in [0.15, 0.2) is 6.61 Å². The van der Waals surface area contributed by atoms with E-state index < -0.39 is 37.2 Å². The number of halogens is 3. The second-order valence-electron chi connectivity index (χ2n) is 7.63. The largest absolute Gasteiger partial charge is 0.452 e. The van der Waals surface area contributed by atoms with E-state index in [1.54, 1.807) is 6.92 Å². The van der Waals surface area contributed by atoms with Gasteiger partial charge in [0.05, 0.1) is 5.56 Å².